The van der Waals surface area contributed by atoms with Crippen molar-refractivity contribution in [2.75, 3.05) is 12.3 Å². The minimum absolute atomic E-state index is 0.150. The lowest BCUT2D eigenvalue weighted by Crippen LogP contribution is -2.32. The first-order chi connectivity index (χ1) is 10.0. The Morgan fingerprint density at radius 3 is 2.48 bits per heavy atom. The first-order valence-corrected chi connectivity index (χ1v) is 8.59. The van der Waals surface area contributed by atoms with Crippen molar-refractivity contribution in [2.24, 2.45) is 0 Å². The van der Waals surface area contributed by atoms with Crippen molar-refractivity contribution < 1.29 is 13.2 Å². The molecule has 0 radical (unpaired) electrons. The van der Waals surface area contributed by atoms with Gasteiger partial charge in [-0.3, -0.25) is 0 Å². The minimum atomic E-state index is -4.26. The standard InChI is InChI=1S/C16H22F3NS/c1-2-10-20-15(14-5-3-4-11-21-14)12-6-8-13(9-7-12)16(17,18)19/h6-9,14-15,20H,2-5,10-11H2,1H3. The van der Waals surface area contributed by atoms with Crippen molar-refractivity contribution in [2.45, 2.75) is 50.1 Å². The molecule has 1 aliphatic rings. The second kappa shape index (κ2) is 7.54. The van der Waals surface area contributed by atoms with E-state index in [1.54, 1.807) is 12.1 Å². The number of benzene rings is 1. The van der Waals surface area contributed by atoms with E-state index in [4.69, 9.17) is 0 Å². The molecule has 1 fully saturated rings. The third-order valence-corrected chi connectivity index (χ3v) is 5.26. The van der Waals surface area contributed by atoms with Gasteiger partial charge in [0.25, 0.3) is 0 Å². The van der Waals surface area contributed by atoms with Crippen LogP contribution in [0.25, 0.3) is 0 Å². The molecular weight excluding hydrogens is 295 g/mol. The molecule has 0 aliphatic carbocycles. The lowest BCUT2D eigenvalue weighted by molar-refractivity contribution is -0.137. The maximum Gasteiger partial charge on any atom is 0.416 e. The van der Waals surface area contributed by atoms with Crippen LogP contribution in [0.2, 0.25) is 0 Å². The van der Waals surface area contributed by atoms with E-state index in [0.29, 0.717) is 5.25 Å². The topological polar surface area (TPSA) is 12.0 Å². The average molecular weight is 317 g/mol. The van der Waals surface area contributed by atoms with E-state index in [0.717, 1.165) is 30.7 Å². The molecule has 0 spiro atoms. The summed E-state index contributed by atoms with van der Waals surface area (Å²) in [6.07, 6.45) is 0.351. The highest BCUT2D eigenvalue weighted by Gasteiger charge is 2.31. The Hall–Kier alpha value is -0.680. The van der Waals surface area contributed by atoms with Gasteiger partial charge in [-0.1, -0.05) is 25.5 Å². The third-order valence-electron chi connectivity index (χ3n) is 3.80. The van der Waals surface area contributed by atoms with E-state index in [2.05, 4.69) is 12.2 Å². The maximum atomic E-state index is 12.7. The summed E-state index contributed by atoms with van der Waals surface area (Å²) < 4.78 is 38.0. The minimum Gasteiger partial charge on any atom is -0.309 e. The fraction of sp³-hybridized carbons (Fsp3) is 0.625. The van der Waals surface area contributed by atoms with Crippen molar-refractivity contribution in [3.63, 3.8) is 0 Å². The van der Waals surface area contributed by atoms with E-state index < -0.39 is 11.7 Å². The summed E-state index contributed by atoms with van der Waals surface area (Å²) in [6, 6.07) is 5.81. The van der Waals surface area contributed by atoms with Crippen LogP contribution in [0.5, 0.6) is 0 Å². The van der Waals surface area contributed by atoms with Crippen LogP contribution in [0.4, 0.5) is 13.2 Å². The van der Waals surface area contributed by atoms with Gasteiger partial charge in [0.2, 0.25) is 0 Å². The van der Waals surface area contributed by atoms with Crippen LogP contribution in [0.1, 0.15) is 49.8 Å². The Labute approximate surface area is 128 Å². The number of hydrogen-bond acceptors (Lipinski definition) is 2. The lowest BCUT2D eigenvalue weighted by atomic mass is 9.98. The van der Waals surface area contributed by atoms with Gasteiger partial charge >= 0.3 is 6.18 Å². The molecule has 0 aromatic heterocycles. The number of thioether (sulfide) groups is 1. The Bertz CT molecular complexity index is 424. The number of hydrogen-bond donors (Lipinski definition) is 1. The number of rotatable bonds is 5. The van der Waals surface area contributed by atoms with Crippen molar-refractivity contribution in [1.82, 2.24) is 5.32 Å². The first kappa shape index (κ1) is 16.7. The fourth-order valence-electron chi connectivity index (χ4n) is 2.67. The summed E-state index contributed by atoms with van der Waals surface area (Å²) in [5.74, 6) is 1.15. The molecule has 2 unspecified atom stereocenters. The highest BCUT2D eigenvalue weighted by atomic mass is 32.2. The lowest BCUT2D eigenvalue weighted by Gasteiger charge is -2.31. The highest BCUT2D eigenvalue weighted by molar-refractivity contribution is 8.00. The molecule has 1 heterocycles. The van der Waals surface area contributed by atoms with Crippen molar-refractivity contribution in [3.05, 3.63) is 35.4 Å². The monoisotopic (exact) mass is 317 g/mol. The molecule has 5 heteroatoms. The Kier molecular flexibility index (Phi) is 5.99. The molecule has 21 heavy (non-hydrogen) atoms. The van der Waals surface area contributed by atoms with E-state index in [1.165, 1.54) is 25.0 Å². The predicted molar refractivity (Wildman–Crippen MR) is 82.6 cm³/mol. The molecule has 0 saturated carbocycles. The molecule has 2 rings (SSSR count). The van der Waals surface area contributed by atoms with Crippen molar-refractivity contribution in [3.8, 4) is 0 Å². The zero-order valence-electron chi connectivity index (χ0n) is 12.2. The number of nitrogens with one attached hydrogen (secondary N) is 1. The van der Waals surface area contributed by atoms with Gasteiger partial charge < -0.3 is 5.32 Å². The van der Waals surface area contributed by atoms with Gasteiger partial charge in [-0.25, -0.2) is 0 Å². The van der Waals surface area contributed by atoms with E-state index >= 15 is 0 Å². The summed E-state index contributed by atoms with van der Waals surface area (Å²) in [7, 11) is 0. The smallest absolute Gasteiger partial charge is 0.309 e. The molecule has 0 bridgehead atoms. The Morgan fingerprint density at radius 1 is 1.24 bits per heavy atom. The fourth-order valence-corrected chi connectivity index (χ4v) is 4.12. The number of alkyl halides is 3. The van der Waals surface area contributed by atoms with Crippen LogP contribution >= 0.6 is 11.8 Å². The summed E-state index contributed by atoms with van der Waals surface area (Å²) in [4.78, 5) is 0. The Balaban J connectivity index is 2.15. The maximum absolute atomic E-state index is 12.7. The third kappa shape index (κ3) is 4.65. The first-order valence-electron chi connectivity index (χ1n) is 7.54. The molecule has 1 saturated heterocycles. The average Bonchev–Trinajstić information content (AvgIpc) is 2.48. The quantitative estimate of drug-likeness (QED) is 0.817. The summed E-state index contributed by atoms with van der Waals surface area (Å²) >= 11 is 1.94. The van der Waals surface area contributed by atoms with Gasteiger partial charge in [-0.05, 0) is 49.3 Å². The van der Waals surface area contributed by atoms with Crippen LogP contribution in [0.3, 0.4) is 0 Å². The normalized spacial score (nSPS) is 21.2. The van der Waals surface area contributed by atoms with Gasteiger partial charge in [-0.2, -0.15) is 24.9 Å². The molecule has 118 valence electrons. The molecule has 1 aromatic carbocycles. The van der Waals surface area contributed by atoms with Gasteiger partial charge in [0.05, 0.1) is 5.56 Å². The molecule has 1 aliphatic heterocycles. The van der Waals surface area contributed by atoms with Gasteiger partial charge in [0, 0.05) is 11.3 Å². The highest BCUT2D eigenvalue weighted by Crippen LogP contribution is 2.36. The summed E-state index contributed by atoms with van der Waals surface area (Å²) in [5.41, 5.74) is 0.396. The molecule has 1 nitrogen and oxygen atoms in total. The summed E-state index contributed by atoms with van der Waals surface area (Å²) in [5, 5.41) is 3.97. The summed E-state index contributed by atoms with van der Waals surface area (Å²) in [6.45, 7) is 2.99. The molecule has 0 amide bonds. The van der Waals surface area contributed by atoms with E-state index in [1.807, 2.05) is 11.8 Å². The largest absolute Gasteiger partial charge is 0.416 e. The van der Waals surface area contributed by atoms with Crippen LogP contribution in [-0.4, -0.2) is 17.5 Å². The van der Waals surface area contributed by atoms with E-state index in [-0.39, 0.29) is 6.04 Å². The molecular formula is C16H22F3NS. The van der Waals surface area contributed by atoms with Gasteiger partial charge in [-0.15, -0.1) is 0 Å². The molecule has 2 atom stereocenters. The van der Waals surface area contributed by atoms with Gasteiger partial charge in [0.15, 0.2) is 0 Å². The van der Waals surface area contributed by atoms with Crippen LogP contribution < -0.4 is 5.32 Å². The van der Waals surface area contributed by atoms with Crippen LogP contribution in [0, 0.1) is 0 Å². The SMILES string of the molecule is CCCNC(c1ccc(C(F)(F)F)cc1)C1CCCCS1. The predicted octanol–water partition coefficient (Wildman–Crippen LogP) is 5.03. The van der Waals surface area contributed by atoms with E-state index in [9.17, 15) is 13.2 Å². The molecule has 1 aromatic rings. The van der Waals surface area contributed by atoms with Crippen molar-refractivity contribution in [1.29, 1.82) is 0 Å². The van der Waals surface area contributed by atoms with Gasteiger partial charge in [0.1, 0.15) is 0 Å². The second-order valence-electron chi connectivity index (χ2n) is 5.46. The zero-order valence-corrected chi connectivity index (χ0v) is 13.1. The second-order valence-corrected chi connectivity index (χ2v) is 6.80. The number of halogens is 3. The Morgan fingerprint density at radius 2 is 1.95 bits per heavy atom. The van der Waals surface area contributed by atoms with Crippen LogP contribution in [0.15, 0.2) is 24.3 Å². The van der Waals surface area contributed by atoms with Crippen LogP contribution in [-0.2, 0) is 6.18 Å². The zero-order chi connectivity index (χ0) is 15.3. The molecule has 1 N–H and O–H groups in total. The van der Waals surface area contributed by atoms with Crippen molar-refractivity contribution >= 4 is 11.8 Å².